The van der Waals surface area contributed by atoms with Crippen LogP contribution in [0.25, 0.3) is 0 Å². The van der Waals surface area contributed by atoms with Gasteiger partial charge in [0.15, 0.2) is 9.84 Å². The molecule has 0 aromatic heterocycles. The zero-order valence-electron chi connectivity index (χ0n) is 11.8. The molecule has 0 atom stereocenters. The molecule has 0 radical (unpaired) electrons. The van der Waals surface area contributed by atoms with Gasteiger partial charge in [0.05, 0.1) is 10.6 Å². The number of rotatable bonds is 9. The first-order chi connectivity index (χ1) is 9.45. The third kappa shape index (κ3) is 5.74. The number of sulfone groups is 1. The Morgan fingerprint density at radius 3 is 2.30 bits per heavy atom. The molecule has 112 valence electrons. The summed E-state index contributed by atoms with van der Waals surface area (Å²) < 4.78 is 24.2. The minimum Gasteiger partial charge on any atom is -0.481 e. The van der Waals surface area contributed by atoms with Crippen LogP contribution in [0.3, 0.4) is 0 Å². The van der Waals surface area contributed by atoms with Crippen molar-refractivity contribution >= 4 is 15.8 Å². The van der Waals surface area contributed by atoms with Crippen molar-refractivity contribution in [2.75, 3.05) is 5.75 Å². The van der Waals surface area contributed by atoms with Crippen molar-refractivity contribution < 1.29 is 18.3 Å². The van der Waals surface area contributed by atoms with E-state index in [9.17, 15) is 13.2 Å². The lowest BCUT2D eigenvalue weighted by atomic mass is 10.1. The number of aliphatic carboxylic acids is 1. The fraction of sp³-hybridized carbons (Fsp3) is 0.533. The molecule has 0 spiro atoms. The van der Waals surface area contributed by atoms with Crippen LogP contribution in [0.1, 0.15) is 44.6 Å². The Balaban J connectivity index is 2.60. The van der Waals surface area contributed by atoms with Gasteiger partial charge >= 0.3 is 5.97 Å². The molecule has 1 aromatic rings. The van der Waals surface area contributed by atoms with Crippen LogP contribution in [0.15, 0.2) is 29.2 Å². The summed E-state index contributed by atoms with van der Waals surface area (Å²) in [4.78, 5) is 10.8. The first kappa shape index (κ1) is 16.7. The lowest BCUT2D eigenvalue weighted by Gasteiger charge is -2.05. The monoisotopic (exact) mass is 298 g/mol. The largest absolute Gasteiger partial charge is 0.481 e. The number of hydrogen-bond donors (Lipinski definition) is 1. The lowest BCUT2D eigenvalue weighted by Crippen LogP contribution is -2.07. The normalized spacial score (nSPS) is 11.4. The van der Waals surface area contributed by atoms with Crippen molar-refractivity contribution in [3.8, 4) is 0 Å². The Morgan fingerprint density at radius 1 is 1.10 bits per heavy atom. The summed E-state index contributed by atoms with van der Waals surface area (Å²) in [7, 11) is -3.21. The van der Waals surface area contributed by atoms with Gasteiger partial charge in [-0.3, -0.25) is 4.79 Å². The summed E-state index contributed by atoms with van der Waals surface area (Å²) in [6.45, 7) is 2.09. The van der Waals surface area contributed by atoms with Gasteiger partial charge < -0.3 is 5.11 Å². The van der Waals surface area contributed by atoms with Crippen molar-refractivity contribution in [2.45, 2.75) is 50.3 Å². The van der Waals surface area contributed by atoms with E-state index < -0.39 is 15.8 Å². The number of aryl methyl sites for hydroxylation is 1. The van der Waals surface area contributed by atoms with Gasteiger partial charge in [-0.25, -0.2) is 8.42 Å². The molecule has 0 heterocycles. The smallest absolute Gasteiger partial charge is 0.303 e. The van der Waals surface area contributed by atoms with Crippen LogP contribution in [0.5, 0.6) is 0 Å². The molecule has 0 aliphatic rings. The highest BCUT2D eigenvalue weighted by molar-refractivity contribution is 7.91. The highest BCUT2D eigenvalue weighted by Gasteiger charge is 2.13. The topological polar surface area (TPSA) is 71.4 Å². The zero-order chi connectivity index (χ0) is 15.0. The number of carboxylic acid groups (broad SMARTS) is 1. The minimum atomic E-state index is -3.21. The molecule has 5 heteroatoms. The average molecular weight is 298 g/mol. The first-order valence-corrected chi connectivity index (χ1v) is 8.64. The Bertz CT molecular complexity index is 517. The Hall–Kier alpha value is -1.36. The maximum atomic E-state index is 12.1. The Labute approximate surface area is 120 Å². The molecule has 0 amide bonds. The number of unbranched alkanes of at least 4 members (excludes halogenated alkanes) is 3. The van der Waals surface area contributed by atoms with E-state index in [4.69, 9.17) is 5.11 Å². The highest BCUT2D eigenvalue weighted by atomic mass is 32.2. The van der Waals surface area contributed by atoms with E-state index in [1.54, 1.807) is 24.3 Å². The van der Waals surface area contributed by atoms with Crippen LogP contribution in [-0.2, 0) is 21.1 Å². The number of carbonyl (C=O) groups is 1. The molecule has 0 bridgehead atoms. The van der Waals surface area contributed by atoms with Gasteiger partial charge in [-0.2, -0.15) is 0 Å². The minimum absolute atomic E-state index is 0.0586. The molecule has 1 N–H and O–H groups in total. The van der Waals surface area contributed by atoms with Crippen molar-refractivity contribution in [2.24, 2.45) is 0 Å². The van der Waals surface area contributed by atoms with Gasteiger partial charge in [-0.05, 0) is 30.5 Å². The maximum absolute atomic E-state index is 12.1. The van der Waals surface area contributed by atoms with Crippen molar-refractivity contribution in [1.29, 1.82) is 0 Å². The summed E-state index contributed by atoms with van der Waals surface area (Å²) in [5.41, 5.74) is 0.845. The summed E-state index contributed by atoms with van der Waals surface area (Å²) in [5, 5.41) is 8.60. The van der Waals surface area contributed by atoms with E-state index >= 15 is 0 Å². The fourth-order valence-electron chi connectivity index (χ4n) is 1.95. The quantitative estimate of drug-likeness (QED) is 0.711. The molecule has 0 saturated carbocycles. The van der Waals surface area contributed by atoms with E-state index in [1.165, 1.54) is 0 Å². The predicted molar refractivity (Wildman–Crippen MR) is 78.6 cm³/mol. The maximum Gasteiger partial charge on any atom is 0.303 e. The van der Waals surface area contributed by atoms with E-state index in [-0.39, 0.29) is 12.2 Å². The third-order valence-corrected chi connectivity index (χ3v) is 4.99. The lowest BCUT2D eigenvalue weighted by molar-refractivity contribution is -0.136. The average Bonchev–Trinajstić information content (AvgIpc) is 2.42. The molecule has 0 unspecified atom stereocenters. The standard InChI is InChI=1S/C15H22O4S/c1-2-3-4-5-12-20(18,19)14-9-6-13(7-10-14)8-11-15(16)17/h6-7,9-10H,2-5,8,11-12H2,1H3,(H,16,17). The molecule has 0 aliphatic heterocycles. The Morgan fingerprint density at radius 2 is 1.75 bits per heavy atom. The van der Waals surface area contributed by atoms with E-state index in [2.05, 4.69) is 6.92 Å². The second-order valence-electron chi connectivity index (χ2n) is 4.92. The van der Waals surface area contributed by atoms with Crippen LogP contribution in [0, 0.1) is 0 Å². The van der Waals surface area contributed by atoms with Gasteiger partial charge in [0.1, 0.15) is 0 Å². The van der Waals surface area contributed by atoms with Gasteiger partial charge in [0.25, 0.3) is 0 Å². The first-order valence-electron chi connectivity index (χ1n) is 6.99. The van der Waals surface area contributed by atoms with Crippen LogP contribution < -0.4 is 0 Å². The summed E-state index contributed by atoms with van der Waals surface area (Å²) in [6, 6.07) is 6.54. The highest BCUT2D eigenvalue weighted by Crippen LogP contribution is 2.15. The third-order valence-electron chi connectivity index (χ3n) is 3.18. The van der Waals surface area contributed by atoms with E-state index in [1.807, 2.05) is 0 Å². The predicted octanol–water partition coefficient (Wildman–Crippen LogP) is 3.06. The molecule has 20 heavy (non-hydrogen) atoms. The van der Waals surface area contributed by atoms with Gasteiger partial charge in [0, 0.05) is 6.42 Å². The molecule has 1 rings (SSSR count). The number of benzene rings is 1. The van der Waals surface area contributed by atoms with Crippen molar-refractivity contribution in [1.82, 2.24) is 0 Å². The second-order valence-corrected chi connectivity index (χ2v) is 7.03. The second kappa shape index (κ2) is 8.04. The van der Waals surface area contributed by atoms with Gasteiger partial charge in [-0.1, -0.05) is 38.3 Å². The molecule has 0 aliphatic carbocycles. The van der Waals surface area contributed by atoms with E-state index in [0.717, 1.165) is 24.8 Å². The molecule has 0 saturated heterocycles. The van der Waals surface area contributed by atoms with Crippen molar-refractivity contribution in [3.63, 3.8) is 0 Å². The number of carboxylic acids is 1. The van der Waals surface area contributed by atoms with Crippen LogP contribution in [0.2, 0.25) is 0 Å². The zero-order valence-corrected chi connectivity index (χ0v) is 12.7. The van der Waals surface area contributed by atoms with Crippen LogP contribution in [0.4, 0.5) is 0 Å². The van der Waals surface area contributed by atoms with Gasteiger partial charge in [0.2, 0.25) is 0 Å². The SMILES string of the molecule is CCCCCCS(=O)(=O)c1ccc(CCC(=O)O)cc1. The summed E-state index contributed by atoms with van der Waals surface area (Å²) in [6.07, 6.45) is 4.25. The molecule has 0 fully saturated rings. The van der Waals surface area contributed by atoms with Crippen molar-refractivity contribution in [3.05, 3.63) is 29.8 Å². The van der Waals surface area contributed by atoms with Crippen LogP contribution in [-0.4, -0.2) is 25.2 Å². The Kier molecular flexibility index (Phi) is 6.71. The fourth-order valence-corrected chi connectivity index (χ4v) is 3.32. The molecular weight excluding hydrogens is 276 g/mol. The van der Waals surface area contributed by atoms with E-state index in [0.29, 0.717) is 17.7 Å². The molecular formula is C15H22O4S. The van der Waals surface area contributed by atoms with Gasteiger partial charge in [-0.15, -0.1) is 0 Å². The van der Waals surface area contributed by atoms with Crippen LogP contribution >= 0.6 is 0 Å². The number of hydrogen-bond acceptors (Lipinski definition) is 3. The molecule has 1 aromatic carbocycles. The summed E-state index contributed by atoms with van der Waals surface area (Å²) >= 11 is 0. The summed E-state index contributed by atoms with van der Waals surface area (Å²) in [5.74, 6) is -0.667. The molecule has 4 nitrogen and oxygen atoms in total.